The summed E-state index contributed by atoms with van der Waals surface area (Å²) in [5.74, 6) is 0.0355. The number of carbonyl (C=O) groups excluding carboxylic acids is 1. The number of fused-ring (bicyclic) bond motifs is 2. The van der Waals surface area contributed by atoms with Gasteiger partial charge in [-0.15, -0.1) is 0 Å². The Morgan fingerprint density at radius 3 is 2.71 bits per heavy atom. The van der Waals surface area contributed by atoms with E-state index in [0.29, 0.717) is 23.8 Å². The van der Waals surface area contributed by atoms with Crippen molar-refractivity contribution >= 4 is 11.6 Å². The molecule has 3 aromatic rings. The van der Waals surface area contributed by atoms with E-state index in [9.17, 15) is 9.59 Å². The maximum atomic E-state index is 13.2. The number of hydrogen-bond acceptors (Lipinski definition) is 4. The third kappa shape index (κ3) is 3.47. The molecule has 1 N–H and O–H groups in total. The molecule has 0 spiro atoms. The third-order valence-electron chi connectivity index (χ3n) is 6.72. The minimum atomic E-state index is -0.0703. The average Bonchev–Trinajstić information content (AvgIpc) is 3.40. The Labute approximate surface area is 181 Å². The molecule has 0 unspecified atom stereocenters. The molecule has 1 fully saturated rings. The Hall–Kier alpha value is -2.93. The number of nitrogens with one attached hydrogen (secondary N) is 1. The first-order chi connectivity index (χ1) is 14.9. The summed E-state index contributed by atoms with van der Waals surface area (Å²) < 4.78 is 1.56. The van der Waals surface area contributed by atoms with Crippen LogP contribution in [0.2, 0.25) is 0 Å². The van der Waals surface area contributed by atoms with E-state index in [1.54, 1.807) is 4.52 Å². The maximum absolute atomic E-state index is 13.2. The largest absolute Gasteiger partial charge is 0.330 e. The van der Waals surface area contributed by atoms with E-state index in [4.69, 9.17) is 4.98 Å². The number of hydrogen-bond donors (Lipinski definition) is 1. The zero-order chi connectivity index (χ0) is 21.7. The van der Waals surface area contributed by atoms with Gasteiger partial charge >= 0.3 is 0 Å². The Balaban J connectivity index is 1.49. The fraction of sp³-hybridized carbons (Fsp3) is 0.458. The number of likely N-dealkylation sites (tertiary alicyclic amines) is 1. The maximum Gasteiger partial charge on any atom is 0.276 e. The van der Waals surface area contributed by atoms with E-state index in [-0.39, 0.29) is 17.5 Å². The lowest BCUT2D eigenvalue weighted by Crippen LogP contribution is -2.39. The number of aromatic amines is 1. The lowest BCUT2D eigenvalue weighted by atomic mass is 10.1. The average molecular weight is 420 g/mol. The molecule has 2 aliphatic rings. The molecule has 0 bridgehead atoms. The van der Waals surface area contributed by atoms with Crippen LogP contribution in [0.1, 0.15) is 65.6 Å². The van der Waals surface area contributed by atoms with Crippen molar-refractivity contribution in [1.82, 2.24) is 24.4 Å². The molecule has 0 radical (unpaired) electrons. The molecule has 7 heteroatoms. The van der Waals surface area contributed by atoms with Gasteiger partial charge in [0.25, 0.3) is 11.5 Å². The second-order valence-electron chi connectivity index (χ2n) is 9.08. The Kier molecular flexibility index (Phi) is 4.93. The van der Waals surface area contributed by atoms with Gasteiger partial charge in [-0.2, -0.15) is 0 Å². The van der Waals surface area contributed by atoms with Crippen molar-refractivity contribution in [3.63, 3.8) is 0 Å². The smallest absolute Gasteiger partial charge is 0.276 e. The molecule has 7 nitrogen and oxygen atoms in total. The highest BCUT2D eigenvalue weighted by atomic mass is 16.2. The molecule has 2 aliphatic heterocycles. The van der Waals surface area contributed by atoms with Crippen LogP contribution in [0.5, 0.6) is 0 Å². The summed E-state index contributed by atoms with van der Waals surface area (Å²) in [6, 6.07) is 10.0. The van der Waals surface area contributed by atoms with Crippen LogP contribution in [0.25, 0.3) is 5.65 Å². The molecule has 1 amide bonds. The normalized spacial score (nSPS) is 19.4. The molecular weight excluding hydrogens is 390 g/mol. The van der Waals surface area contributed by atoms with Crippen LogP contribution < -0.4 is 5.56 Å². The van der Waals surface area contributed by atoms with Gasteiger partial charge in [0, 0.05) is 42.9 Å². The summed E-state index contributed by atoms with van der Waals surface area (Å²) in [5, 5.41) is 3.27. The van der Waals surface area contributed by atoms with Crippen molar-refractivity contribution in [2.24, 2.45) is 0 Å². The lowest BCUT2D eigenvalue weighted by molar-refractivity contribution is 0.0732. The first kappa shape index (κ1) is 20.0. The summed E-state index contributed by atoms with van der Waals surface area (Å²) in [6.45, 7) is 8.66. The van der Waals surface area contributed by atoms with Gasteiger partial charge in [-0.3, -0.25) is 19.6 Å². The van der Waals surface area contributed by atoms with Crippen LogP contribution >= 0.6 is 0 Å². The lowest BCUT2D eigenvalue weighted by Gasteiger charge is -2.30. The number of amides is 1. The standard InChI is InChI=1S/C24H29N5O2/c1-15(2)27-12-10-18-20(14-27)25-22-13-19(26-29(22)24(18)31)21-5-4-11-28(21)23(30)17-8-6-16(3)7-9-17/h6-9,13,15,21,26H,4-5,10-12,14H2,1-3H3/t21-/m0/s1. The van der Waals surface area contributed by atoms with Crippen LogP contribution in [-0.4, -0.2) is 49.4 Å². The van der Waals surface area contributed by atoms with Crippen LogP contribution in [0.15, 0.2) is 35.1 Å². The highest BCUT2D eigenvalue weighted by Gasteiger charge is 2.32. The van der Waals surface area contributed by atoms with Crippen LogP contribution in [0.3, 0.4) is 0 Å². The predicted molar refractivity (Wildman–Crippen MR) is 119 cm³/mol. The molecule has 31 heavy (non-hydrogen) atoms. The van der Waals surface area contributed by atoms with Gasteiger partial charge < -0.3 is 4.90 Å². The molecular formula is C24H29N5O2. The van der Waals surface area contributed by atoms with Crippen molar-refractivity contribution in [2.75, 3.05) is 13.1 Å². The van der Waals surface area contributed by atoms with E-state index in [2.05, 4.69) is 23.8 Å². The minimum absolute atomic E-state index is 0.0101. The van der Waals surface area contributed by atoms with Crippen molar-refractivity contribution in [1.29, 1.82) is 0 Å². The predicted octanol–water partition coefficient (Wildman–Crippen LogP) is 3.07. The Morgan fingerprint density at radius 2 is 1.97 bits per heavy atom. The number of H-pyrrole nitrogens is 1. The molecule has 0 aliphatic carbocycles. The highest BCUT2D eigenvalue weighted by Crippen LogP contribution is 2.33. The van der Waals surface area contributed by atoms with Gasteiger partial charge in [0.05, 0.1) is 17.4 Å². The number of aromatic nitrogens is 3. The zero-order valence-corrected chi connectivity index (χ0v) is 18.4. The van der Waals surface area contributed by atoms with Crippen LogP contribution in [-0.2, 0) is 13.0 Å². The summed E-state index contributed by atoms with van der Waals surface area (Å²) >= 11 is 0. The number of aryl methyl sites for hydroxylation is 1. The van der Waals surface area contributed by atoms with Gasteiger partial charge in [-0.25, -0.2) is 9.50 Å². The SMILES string of the molecule is Cc1ccc(C(=O)N2CCC[C@H]2c2cc3nc4c(c(=O)n3[nH]2)CCN(C(C)C)C4)cc1. The van der Waals surface area contributed by atoms with Gasteiger partial charge in [0.15, 0.2) is 5.65 Å². The summed E-state index contributed by atoms with van der Waals surface area (Å²) in [4.78, 5) is 35.4. The first-order valence-corrected chi connectivity index (χ1v) is 11.2. The number of nitrogens with zero attached hydrogens (tertiary/aromatic N) is 4. The van der Waals surface area contributed by atoms with E-state index in [1.165, 1.54) is 0 Å². The molecule has 162 valence electrons. The Morgan fingerprint density at radius 1 is 1.19 bits per heavy atom. The van der Waals surface area contributed by atoms with Gasteiger partial charge in [-0.1, -0.05) is 17.7 Å². The number of carbonyl (C=O) groups is 1. The van der Waals surface area contributed by atoms with Crippen molar-refractivity contribution in [2.45, 2.75) is 58.7 Å². The minimum Gasteiger partial charge on any atom is -0.330 e. The van der Waals surface area contributed by atoms with Crippen molar-refractivity contribution < 1.29 is 4.79 Å². The summed E-state index contributed by atoms with van der Waals surface area (Å²) in [5.41, 5.74) is 5.04. The third-order valence-corrected chi connectivity index (χ3v) is 6.72. The van der Waals surface area contributed by atoms with E-state index in [0.717, 1.165) is 54.9 Å². The molecule has 4 heterocycles. The fourth-order valence-corrected chi connectivity index (χ4v) is 4.84. The second-order valence-corrected chi connectivity index (χ2v) is 9.08. The molecule has 0 saturated carbocycles. The summed E-state index contributed by atoms with van der Waals surface area (Å²) in [6.07, 6.45) is 2.54. The Bertz CT molecular complexity index is 1190. The summed E-state index contributed by atoms with van der Waals surface area (Å²) in [7, 11) is 0. The number of benzene rings is 1. The monoisotopic (exact) mass is 419 g/mol. The van der Waals surface area contributed by atoms with E-state index >= 15 is 0 Å². The molecule has 1 saturated heterocycles. The fourth-order valence-electron chi connectivity index (χ4n) is 4.84. The first-order valence-electron chi connectivity index (χ1n) is 11.2. The topological polar surface area (TPSA) is 73.7 Å². The number of rotatable bonds is 3. The van der Waals surface area contributed by atoms with Gasteiger partial charge in [-0.05, 0) is 52.2 Å². The van der Waals surface area contributed by atoms with Crippen molar-refractivity contribution in [3.05, 3.63) is 68.8 Å². The quantitative estimate of drug-likeness (QED) is 0.708. The van der Waals surface area contributed by atoms with Crippen LogP contribution in [0, 0.1) is 6.92 Å². The zero-order valence-electron chi connectivity index (χ0n) is 18.4. The molecule has 1 aromatic carbocycles. The van der Waals surface area contributed by atoms with Crippen LogP contribution in [0.4, 0.5) is 0 Å². The van der Waals surface area contributed by atoms with Gasteiger partial charge in [0.1, 0.15) is 0 Å². The van der Waals surface area contributed by atoms with Crippen molar-refractivity contribution in [3.8, 4) is 0 Å². The molecule has 1 atom stereocenters. The highest BCUT2D eigenvalue weighted by molar-refractivity contribution is 5.94. The van der Waals surface area contributed by atoms with Gasteiger partial charge in [0.2, 0.25) is 0 Å². The second kappa shape index (κ2) is 7.64. The molecule has 5 rings (SSSR count). The van der Waals surface area contributed by atoms with E-state index < -0.39 is 0 Å². The molecule has 2 aromatic heterocycles. The van der Waals surface area contributed by atoms with E-state index in [1.807, 2.05) is 42.2 Å².